The number of hydrogen-bond acceptors (Lipinski definition) is 2. The van der Waals surface area contributed by atoms with Gasteiger partial charge in [-0.3, -0.25) is 0 Å². The van der Waals surface area contributed by atoms with Gasteiger partial charge in [-0.05, 0) is 40.6 Å². The number of rotatable bonds is 5. The van der Waals surface area contributed by atoms with Gasteiger partial charge in [0.15, 0.2) is 0 Å². The molecule has 0 aliphatic rings. The summed E-state index contributed by atoms with van der Waals surface area (Å²) in [4.78, 5) is 0. The zero-order valence-electron chi connectivity index (χ0n) is 15.7. The standard InChI is InChI=1S/C26H18FNO/c27-26-14-4-2-9-21(26)18-29-23-11-5-7-19(16-23)15-22(17-28)25-13-6-10-20-8-1-3-12-24(20)25/h1-16H,18H2/b22-15-. The van der Waals surface area contributed by atoms with Crippen molar-refractivity contribution in [2.45, 2.75) is 6.61 Å². The van der Waals surface area contributed by atoms with E-state index >= 15 is 0 Å². The second kappa shape index (κ2) is 8.41. The van der Waals surface area contributed by atoms with Gasteiger partial charge < -0.3 is 4.74 Å². The maximum Gasteiger partial charge on any atom is 0.129 e. The molecule has 0 bridgehead atoms. The van der Waals surface area contributed by atoms with Crippen molar-refractivity contribution in [1.82, 2.24) is 0 Å². The minimum absolute atomic E-state index is 0.147. The summed E-state index contributed by atoms with van der Waals surface area (Å²) in [7, 11) is 0. The fraction of sp³-hybridized carbons (Fsp3) is 0.0385. The second-order valence-corrected chi connectivity index (χ2v) is 6.65. The van der Waals surface area contributed by atoms with Crippen LogP contribution in [0.4, 0.5) is 4.39 Å². The van der Waals surface area contributed by atoms with Gasteiger partial charge in [0.05, 0.1) is 11.6 Å². The molecule has 0 spiro atoms. The van der Waals surface area contributed by atoms with E-state index in [1.54, 1.807) is 18.2 Å². The van der Waals surface area contributed by atoms with Crippen LogP contribution in [-0.2, 0) is 6.61 Å². The van der Waals surface area contributed by atoms with Crippen LogP contribution in [0.5, 0.6) is 5.75 Å². The predicted molar refractivity (Wildman–Crippen MR) is 115 cm³/mol. The van der Waals surface area contributed by atoms with Gasteiger partial charge in [-0.25, -0.2) is 4.39 Å². The number of nitrogens with zero attached hydrogens (tertiary/aromatic N) is 1. The van der Waals surface area contributed by atoms with Crippen molar-refractivity contribution in [2.24, 2.45) is 0 Å². The molecule has 0 heterocycles. The molecule has 0 aromatic heterocycles. The molecule has 0 saturated carbocycles. The van der Waals surface area contributed by atoms with E-state index in [1.165, 1.54) is 6.07 Å². The van der Waals surface area contributed by atoms with Gasteiger partial charge in [0.25, 0.3) is 0 Å². The first-order valence-corrected chi connectivity index (χ1v) is 9.31. The van der Waals surface area contributed by atoms with Crippen molar-refractivity contribution >= 4 is 22.4 Å². The molecule has 0 aliphatic heterocycles. The zero-order valence-corrected chi connectivity index (χ0v) is 15.7. The molecular formula is C26H18FNO. The molecule has 4 aromatic carbocycles. The van der Waals surface area contributed by atoms with Crippen LogP contribution in [0.15, 0.2) is 91.0 Å². The van der Waals surface area contributed by atoms with Crippen molar-refractivity contribution in [3.63, 3.8) is 0 Å². The number of nitriles is 1. The minimum atomic E-state index is -0.286. The zero-order chi connectivity index (χ0) is 20.1. The molecule has 4 rings (SSSR count). The molecule has 0 atom stereocenters. The first-order valence-electron chi connectivity index (χ1n) is 9.31. The number of allylic oxidation sites excluding steroid dienone is 1. The molecule has 0 N–H and O–H groups in total. The third-order valence-corrected chi connectivity index (χ3v) is 4.72. The van der Waals surface area contributed by atoms with E-state index in [1.807, 2.05) is 72.8 Å². The monoisotopic (exact) mass is 379 g/mol. The van der Waals surface area contributed by atoms with E-state index in [0.717, 1.165) is 21.9 Å². The SMILES string of the molecule is N#C/C(=C/c1cccc(OCc2ccccc2F)c1)c1cccc2ccccc12. The van der Waals surface area contributed by atoms with Crippen LogP contribution in [0, 0.1) is 17.1 Å². The fourth-order valence-electron chi connectivity index (χ4n) is 3.27. The van der Waals surface area contributed by atoms with Crippen molar-refractivity contribution in [2.75, 3.05) is 0 Å². The van der Waals surface area contributed by atoms with Crippen molar-refractivity contribution < 1.29 is 9.13 Å². The molecule has 4 aromatic rings. The number of hydrogen-bond donors (Lipinski definition) is 0. The number of halogens is 1. The fourth-order valence-corrected chi connectivity index (χ4v) is 3.27. The Labute approximate surface area is 169 Å². The lowest BCUT2D eigenvalue weighted by atomic mass is 9.97. The molecule has 140 valence electrons. The van der Waals surface area contributed by atoms with Gasteiger partial charge in [0.1, 0.15) is 18.2 Å². The van der Waals surface area contributed by atoms with E-state index in [0.29, 0.717) is 16.9 Å². The van der Waals surface area contributed by atoms with Crippen LogP contribution in [0.2, 0.25) is 0 Å². The first kappa shape index (κ1) is 18.5. The normalized spacial score (nSPS) is 11.2. The van der Waals surface area contributed by atoms with E-state index in [4.69, 9.17) is 4.74 Å². The third-order valence-electron chi connectivity index (χ3n) is 4.72. The summed E-state index contributed by atoms with van der Waals surface area (Å²) < 4.78 is 19.5. The minimum Gasteiger partial charge on any atom is -0.489 e. The summed E-state index contributed by atoms with van der Waals surface area (Å²) in [5, 5.41) is 11.9. The van der Waals surface area contributed by atoms with Crippen LogP contribution in [-0.4, -0.2) is 0 Å². The van der Waals surface area contributed by atoms with Gasteiger partial charge >= 0.3 is 0 Å². The quantitative estimate of drug-likeness (QED) is 0.288. The highest BCUT2D eigenvalue weighted by Gasteiger charge is 2.07. The molecule has 0 amide bonds. The Bertz CT molecular complexity index is 1230. The molecular weight excluding hydrogens is 361 g/mol. The highest BCUT2D eigenvalue weighted by molar-refractivity contribution is 6.01. The average Bonchev–Trinajstić information content (AvgIpc) is 2.77. The summed E-state index contributed by atoms with van der Waals surface area (Å²) >= 11 is 0. The summed E-state index contributed by atoms with van der Waals surface area (Å²) in [6.45, 7) is 0.147. The second-order valence-electron chi connectivity index (χ2n) is 6.65. The molecule has 3 heteroatoms. The average molecular weight is 379 g/mol. The van der Waals surface area contributed by atoms with Gasteiger partial charge in [-0.2, -0.15) is 5.26 Å². The summed E-state index contributed by atoms with van der Waals surface area (Å²) in [6.07, 6.45) is 1.84. The van der Waals surface area contributed by atoms with E-state index in [2.05, 4.69) is 6.07 Å². The summed E-state index contributed by atoms with van der Waals surface area (Å²) in [5.41, 5.74) is 2.82. The molecule has 0 saturated heterocycles. The molecule has 0 fully saturated rings. The highest BCUT2D eigenvalue weighted by Crippen LogP contribution is 2.27. The summed E-state index contributed by atoms with van der Waals surface area (Å²) in [5.74, 6) is 0.337. The number of fused-ring (bicyclic) bond motifs is 1. The lowest BCUT2D eigenvalue weighted by Gasteiger charge is -2.09. The van der Waals surface area contributed by atoms with Gasteiger partial charge in [0, 0.05) is 11.1 Å². The lowest BCUT2D eigenvalue weighted by molar-refractivity contribution is 0.300. The topological polar surface area (TPSA) is 33.0 Å². The van der Waals surface area contributed by atoms with E-state index < -0.39 is 0 Å². The van der Waals surface area contributed by atoms with Crippen LogP contribution in [0.3, 0.4) is 0 Å². The smallest absolute Gasteiger partial charge is 0.129 e. The van der Waals surface area contributed by atoms with Gasteiger partial charge in [0.2, 0.25) is 0 Å². The maximum atomic E-state index is 13.8. The Morgan fingerprint density at radius 2 is 1.66 bits per heavy atom. The molecule has 0 unspecified atom stereocenters. The lowest BCUT2D eigenvalue weighted by Crippen LogP contribution is -1.98. The van der Waals surface area contributed by atoms with E-state index in [-0.39, 0.29) is 12.4 Å². The Kier molecular flexibility index (Phi) is 5.36. The largest absolute Gasteiger partial charge is 0.489 e. The van der Waals surface area contributed by atoms with Crippen LogP contribution in [0.25, 0.3) is 22.4 Å². The molecule has 0 aliphatic carbocycles. The predicted octanol–water partition coefficient (Wildman–Crippen LogP) is 6.62. The summed E-state index contributed by atoms with van der Waals surface area (Å²) in [6, 6.07) is 30.3. The number of ether oxygens (including phenoxy) is 1. The van der Waals surface area contributed by atoms with Crippen molar-refractivity contribution in [3.05, 3.63) is 114 Å². The molecule has 0 radical (unpaired) electrons. The Balaban J connectivity index is 1.62. The number of benzene rings is 4. The first-order chi connectivity index (χ1) is 14.2. The Hall–Kier alpha value is -3.90. The Morgan fingerprint density at radius 3 is 2.52 bits per heavy atom. The van der Waals surface area contributed by atoms with Crippen molar-refractivity contribution in [3.8, 4) is 11.8 Å². The molecule has 29 heavy (non-hydrogen) atoms. The Morgan fingerprint density at radius 1 is 0.897 bits per heavy atom. The van der Waals surface area contributed by atoms with Crippen molar-refractivity contribution in [1.29, 1.82) is 5.26 Å². The highest BCUT2D eigenvalue weighted by atomic mass is 19.1. The van der Waals surface area contributed by atoms with Crippen LogP contribution < -0.4 is 4.74 Å². The van der Waals surface area contributed by atoms with Gasteiger partial charge in [-0.15, -0.1) is 0 Å². The third kappa shape index (κ3) is 4.17. The van der Waals surface area contributed by atoms with Crippen LogP contribution >= 0.6 is 0 Å². The van der Waals surface area contributed by atoms with Crippen LogP contribution in [0.1, 0.15) is 16.7 Å². The maximum absolute atomic E-state index is 13.8. The van der Waals surface area contributed by atoms with E-state index in [9.17, 15) is 9.65 Å². The molecule has 2 nitrogen and oxygen atoms in total. The van der Waals surface area contributed by atoms with Gasteiger partial charge in [-0.1, -0.05) is 72.8 Å².